The Bertz CT molecular complexity index is 1460. The number of benzene rings is 3. The van der Waals surface area contributed by atoms with Crippen LogP contribution in [-0.4, -0.2) is 24.2 Å². The maximum Gasteiger partial charge on any atom is 0.269 e. The summed E-state index contributed by atoms with van der Waals surface area (Å²) < 4.78 is 27.7. The predicted molar refractivity (Wildman–Crippen MR) is 131 cm³/mol. The summed E-state index contributed by atoms with van der Waals surface area (Å²) in [5.74, 6) is -0.457. The topological polar surface area (TPSA) is 131 Å². The first kappa shape index (κ1) is 23.1. The second-order valence-electron chi connectivity index (χ2n) is 7.30. The quantitative estimate of drug-likeness (QED) is 0.272. The lowest BCUT2D eigenvalue weighted by Crippen LogP contribution is -2.15. The summed E-state index contributed by atoms with van der Waals surface area (Å²) in [6.45, 7) is 1.86. The number of aromatic nitrogens is 1. The average molecular weight is 495 g/mol. The lowest BCUT2D eigenvalue weighted by molar-refractivity contribution is -0.384. The number of carbonyl (C=O) groups is 1. The highest BCUT2D eigenvalue weighted by atomic mass is 32.2. The molecule has 4 rings (SSSR count). The van der Waals surface area contributed by atoms with Crippen LogP contribution in [0.5, 0.6) is 0 Å². The molecule has 0 radical (unpaired) electrons. The zero-order valence-corrected chi connectivity index (χ0v) is 19.4. The second-order valence-corrected chi connectivity index (χ2v) is 9.84. The number of carbonyl (C=O) groups excluding carboxylic acids is 1. The molecule has 0 bridgehead atoms. The van der Waals surface area contributed by atoms with Crippen LogP contribution >= 0.6 is 11.3 Å². The van der Waals surface area contributed by atoms with Crippen LogP contribution < -0.4 is 10.0 Å². The third-order valence-electron chi connectivity index (χ3n) is 4.81. The van der Waals surface area contributed by atoms with Gasteiger partial charge in [0.25, 0.3) is 21.6 Å². The van der Waals surface area contributed by atoms with E-state index >= 15 is 0 Å². The zero-order chi connectivity index (χ0) is 24.3. The van der Waals surface area contributed by atoms with Gasteiger partial charge in [0.15, 0.2) is 5.13 Å². The van der Waals surface area contributed by atoms with E-state index in [-0.39, 0.29) is 21.8 Å². The number of nitro groups is 1. The predicted octanol–water partition coefficient (Wildman–Crippen LogP) is 5.08. The van der Waals surface area contributed by atoms with E-state index in [0.29, 0.717) is 16.4 Å². The molecule has 2 N–H and O–H groups in total. The molecule has 1 aromatic heterocycles. The molecule has 0 atom stereocenters. The van der Waals surface area contributed by atoms with Gasteiger partial charge in [-0.15, -0.1) is 11.3 Å². The SMILES string of the molecule is Cc1ccc(S(=O)(=O)Nc2cccc(C(=O)Nc3nc(-c4ccc([N+](=O)[O-])cc4)cs3)c2)cc1. The lowest BCUT2D eigenvalue weighted by Gasteiger charge is -2.10. The van der Waals surface area contributed by atoms with Gasteiger partial charge in [-0.2, -0.15) is 0 Å². The van der Waals surface area contributed by atoms with E-state index in [0.717, 1.165) is 5.56 Å². The van der Waals surface area contributed by atoms with Crippen LogP contribution in [0, 0.1) is 17.0 Å². The molecule has 0 saturated carbocycles. The van der Waals surface area contributed by atoms with Gasteiger partial charge >= 0.3 is 0 Å². The summed E-state index contributed by atoms with van der Waals surface area (Å²) in [4.78, 5) is 27.5. The fourth-order valence-corrected chi connectivity index (χ4v) is 4.81. The third-order valence-corrected chi connectivity index (χ3v) is 6.96. The molecule has 0 saturated heterocycles. The van der Waals surface area contributed by atoms with Crippen molar-refractivity contribution in [2.45, 2.75) is 11.8 Å². The maximum atomic E-state index is 12.7. The molecular formula is C23H18N4O5S2. The van der Waals surface area contributed by atoms with Crippen molar-refractivity contribution in [3.8, 4) is 11.3 Å². The van der Waals surface area contributed by atoms with Crippen LogP contribution in [0.3, 0.4) is 0 Å². The van der Waals surface area contributed by atoms with Gasteiger partial charge in [-0.05, 0) is 49.4 Å². The molecule has 1 heterocycles. The van der Waals surface area contributed by atoms with Crippen molar-refractivity contribution >= 4 is 43.8 Å². The van der Waals surface area contributed by atoms with E-state index in [9.17, 15) is 23.3 Å². The van der Waals surface area contributed by atoms with Crippen molar-refractivity contribution in [3.63, 3.8) is 0 Å². The molecule has 0 aliphatic carbocycles. The van der Waals surface area contributed by atoms with Gasteiger partial charge in [-0.1, -0.05) is 23.8 Å². The van der Waals surface area contributed by atoms with Gasteiger partial charge in [-0.25, -0.2) is 13.4 Å². The Hall–Kier alpha value is -4.09. The summed E-state index contributed by atoms with van der Waals surface area (Å²) in [5, 5.41) is 15.6. The first-order valence-corrected chi connectivity index (χ1v) is 12.3. The van der Waals surface area contributed by atoms with Crippen LogP contribution in [0.1, 0.15) is 15.9 Å². The lowest BCUT2D eigenvalue weighted by atomic mass is 10.1. The summed E-state index contributed by atoms with van der Waals surface area (Å²) in [6, 6.07) is 18.5. The average Bonchev–Trinajstić information content (AvgIpc) is 3.28. The number of rotatable bonds is 7. The fourth-order valence-electron chi connectivity index (χ4n) is 3.04. The Balaban J connectivity index is 1.47. The molecule has 9 nitrogen and oxygen atoms in total. The van der Waals surface area contributed by atoms with Crippen molar-refractivity contribution in [2.75, 3.05) is 10.0 Å². The number of aryl methyl sites for hydroxylation is 1. The molecule has 1 amide bonds. The minimum Gasteiger partial charge on any atom is -0.298 e. The van der Waals surface area contributed by atoms with Gasteiger partial charge in [0.05, 0.1) is 15.5 Å². The van der Waals surface area contributed by atoms with Gasteiger partial charge in [0, 0.05) is 34.3 Å². The number of amides is 1. The molecule has 0 unspecified atom stereocenters. The summed E-state index contributed by atoms with van der Waals surface area (Å²) in [7, 11) is -3.80. The van der Waals surface area contributed by atoms with Crippen molar-refractivity contribution in [3.05, 3.63) is 99.4 Å². The van der Waals surface area contributed by atoms with Crippen molar-refractivity contribution in [1.82, 2.24) is 4.98 Å². The largest absolute Gasteiger partial charge is 0.298 e. The number of hydrogen-bond acceptors (Lipinski definition) is 7. The number of sulfonamides is 1. The molecule has 0 fully saturated rings. The Kier molecular flexibility index (Phi) is 6.39. The van der Waals surface area contributed by atoms with E-state index in [1.165, 1.54) is 41.7 Å². The van der Waals surface area contributed by atoms with E-state index in [2.05, 4.69) is 15.0 Å². The number of nitrogens with zero attached hydrogens (tertiary/aromatic N) is 2. The Morgan fingerprint density at radius 1 is 1.03 bits per heavy atom. The Morgan fingerprint density at radius 3 is 2.41 bits per heavy atom. The van der Waals surface area contributed by atoms with Gasteiger partial charge in [0.2, 0.25) is 0 Å². The molecule has 172 valence electrons. The van der Waals surface area contributed by atoms with Crippen molar-refractivity contribution < 1.29 is 18.1 Å². The summed E-state index contributed by atoms with van der Waals surface area (Å²) >= 11 is 1.20. The number of nitrogens with one attached hydrogen (secondary N) is 2. The molecule has 34 heavy (non-hydrogen) atoms. The van der Waals surface area contributed by atoms with Crippen LogP contribution in [0.4, 0.5) is 16.5 Å². The van der Waals surface area contributed by atoms with Crippen LogP contribution in [0.25, 0.3) is 11.3 Å². The highest BCUT2D eigenvalue weighted by Crippen LogP contribution is 2.27. The molecular weight excluding hydrogens is 476 g/mol. The van der Waals surface area contributed by atoms with E-state index in [1.807, 2.05) is 6.92 Å². The Morgan fingerprint density at radius 2 is 1.74 bits per heavy atom. The first-order chi connectivity index (χ1) is 16.2. The molecule has 0 spiro atoms. The number of non-ortho nitro benzene ring substituents is 1. The number of hydrogen-bond donors (Lipinski definition) is 2. The summed E-state index contributed by atoms with van der Waals surface area (Å²) in [6.07, 6.45) is 0. The third kappa shape index (κ3) is 5.27. The standard InChI is InChI=1S/C23H18N4O5S2/c1-15-5-11-20(12-6-15)34(31,32)26-18-4-2-3-17(13-18)22(28)25-23-24-21(14-33-23)16-7-9-19(10-8-16)27(29)30/h2-14,26H,1H3,(H,24,25,28). The Labute approximate surface area is 199 Å². The minimum atomic E-state index is -3.80. The van der Waals surface area contributed by atoms with Crippen molar-refractivity contribution in [1.29, 1.82) is 0 Å². The highest BCUT2D eigenvalue weighted by molar-refractivity contribution is 7.92. The molecule has 4 aromatic rings. The first-order valence-electron chi connectivity index (χ1n) is 9.92. The zero-order valence-electron chi connectivity index (χ0n) is 17.8. The monoisotopic (exact) mass is 494 g/mol. The van der Waals surface area contributed by atoms with E-state index < -0.39 is 20.9 Å². The van der Waals surface area contributed by atoms with E-state index in [4.69, 9.17) is 0 Å². The van der Waals surface area contributed by atoms with Gasteiger partial charge < -0.3 is 0 Å². The van der Waals surface area contributed by atoms with Crippen LogP contribution in [-0.2, 0) is 10.0 Å². The molecule has 3 aromatic carbocycles. The van der Waals surface area contributed by atoms with Crippen LogP contribution in [0.2, 0.25) is 0 Å². The summed E-state index contributed by atoms with van der Waals surface area (Å²) in [5.41, 5.74) is 2.65. The number of thiazole rings is 1. The van der Waals surface area contributed by atoms with Gasteiger partial charge in [-0.3, -0.25) is 24.9 Å². The van der Waals surface area contributed by atoms with E-state index in [1.54, 1.807) is 47.8 Å². The number of anilines is 2. The highest BCUT2D eigenvalue weighted by Gasteiger charge is 2.16. The maximum absolute atomic E-state index is 12.7. The molecule has 0 aliphatic heterocycles. The molecule has 0 aliphatic rings. The smallest absolute Gasteiger partial charge is 0.269 e. The number of nitro benzene ring substituents is 1. The van der Waals surface area contributed by atoms with Gasteiger partial charge in [0.1, 0.15) is 0 Å². The normalized spacial score (nSPS) is 11.1. The molecule has 11 heteroatoms. The fraction of sp³-hybridized carbons (Fsp3) is 0.0435. The second kappa shape index (κ2) is 9.41. The van der Waals surface area contributed by atoms with Crippen molar-refractivity contribution in [2.24, 2.45) is 0 Å². The van der Waals surface area contributed by atoms with Crippen LogP contribution in [0.15, 0.2) is 83.1 Å². The minimum absolute atomic E-state index is 0.0228.